The molecule has 0 unspecified atom stereocenters. The van der Waals surface area contributed by atoms with Gasteiger partial charge in [-0.2, -0.15) is 5.10 Å². The van der Waals surface area contributed by atoms with E-state index in [2.05, 4.69) is 30.6 Å². The van der Waals surface area contributed by atoms with Crippen LogP contribution in [0.25, 0.3) is 5.82 Å². The molecule has 0 aromatic carbocycles. The zero-order valence-electron chi connectivity index (χ0n) is 12.7. The van der Waals surface area contributed by atoms with Gasteiger partial charge in [-0.15, -0.1) is 0 Å². The summed E-state index contributed by atoms with van der Waals surface area (Å²) in [6, 6.07) is 3.25. The van der Waals surface area contributed by atoms with Crippen LogP contribution in [0, 0.1) is 0 Å². The normalized spacial score (nSPS) is 15.3. The van der Waals surface area contributed by atoms with Gasteiger partial charge in [0.15, 0.2) is 5.82 Å². The van der Waals surface area contributed by atoms with Crippen LogP contribution in [0.3, 0.4) is 0 Å². The van der Waals surface area contributed by atoms with Crippen molar-refractivity contribution in [2.45, 2.75) is 0 Å². The maximum atomic E-state index is 12.0. The van der Waals surface area contributed by atoms with Gasteiger partial charge in [-0.05, 0) is 12.1 Å². The fourth-order valence-corrected chi connectivity index (χ4v) is 2.31. The van der Waals surface area contributed by atoms with Crippen LogP contribution in [0.4, 0.5) is 10.5 Å². The molecule has 1 saturated heterocycles. The number of urea groups is 1. The first-order chi connectivity index (χ1) is 11.3. The third-order valence-electron chi connectivity index (χ3n) is 3.49. The molecule has 0 spiro atoms. The summed E-state index contributed by atoms with van der Waals surface area (Å²) in [5.74, 6) is 0.522. The number of nitrogens with zero attached hydrogens (tertiary/aromatic N) is 5. The first-order valence-corrected chi connectivity index (χ1v) is 7.48. The number of pyridine rings is 1. The largest absolute Gasteiger partial charge is 0.379 e. The number of carbonyl (C=O) groups is 1. The second kappa shape index (κ2) is 7.65. The minimum atomic E-state index is -0.271. The average Bonchev–Trinajstić information content (AvgIpc) is 3.11. The molecule has 0 radical (unpaired) electrons. The first kappa shape index (κ1) is 15.4. The van der Waals surface area contributed by atoms with Gasteiger partial charge in [-0.25, -0.2) is 19.4 Å². The van der Waals surface area contributed by atoms with Crippen LogP contribution < -0.4 is 10.6 Å². The fourth-order valence-electron chi connectivity index (χ4n) is 2.31. The van der Waals surface area contributed by atoms with Gasteiger partial charge in [0, 0.05) is 32.4 Å². The molecule has 9 heteroatoms. The van der Waals surface area contributed by atoms with Crippen LogP contribution in [0.2, 0.25) is 0 Å². The molecule has 0 saturated carbocycles. The zero-order chi connectivity index (χ0) is 15.9. The Bertz CT molecular complexity index is 626. The predicted octanol–water partition coefficient (Wildman–Crippen LogP) is 0.116. The lowest BCUT2D eigenvalue weighted by Gasteiger charge is -2.26. The van der Waals surface area contributed by atoms with Crippen molar-refractivity contribution in [1.29, 1.82) is 0 Å². The molecule has 1 aliphatic rings. The lowest BCUT2D eigenvalue weighted by atomic mass is 10.4. The molecule has 0 atom stereocenters. The predicted molar refractivity (Wildman–Crippen MR) is 83.4 cm³/mol. The standard InChI is InChI=1S/C14H19N7O2/c22-14(17-4-5-20-6-8-23-9-7-20)19-12-2-1-3-16-13(12)21-11-15-10-18-21/h1-3,10-11H,4-9H2,(H2,17,19,22). The summed E-state index contributed by atoms with van der Waals surface area (Å²) in [4.78, 5) is 22.4. The second-order valence-electron chi connectivity index (χ2n) is 5.05. The molecule has 2 N–H and O–H groups in total. The highest BCUT2D eigenvalue weighted by atomic mass is 16.5. The van der Waals surface area contributed by atoms with E-state index in [0.29, 0.717) is 18.1 Å². The van der Waals surface area contributed by atoms with Crippen molar-refractivity contribution in [3.63, 3.8) is 0 Å². The smallest absolute Gasteiger partial charge is 0.319 e. The SMILES string of the molecule is O=C(NCCN1CCOCC1)Nc1cccnc1-n1cncn1. The van der Waals surface area contributed by atoms with Crippen molar-refractivity contribution in [2.75, 3.05) is 44.7 Å². The maximum Gasteiger partial charge on any atom is 0.319 e. The Morgan fingerprint density at radius 1 is 1.35 bits per heavy atom. The summed E-state index contributed by atoms with van der Waals surface area (Å²) in [5, 5.41) is 9.67. The molecule has 2 aromatic rings. The van der Waals surface area contributed by atoms with Crippen LogP contribution in [0.5, 0.6) is 0 Å². The first-order valence-electron chi connectivity index (χ1n) is 7.48. The highest BCUT2D eigenvalue weighted by Crippen LogP contribution is 2.15. The maximum absolute atomic E-state index is 12.0. The molecule has 3 rings (SSSR count). The number of hydrogen-bond donors (Lipinski definition) is 2. The van der Waals surface area contributed by atoms with E-state index in [1.165, 1.54) is 17.3 Å². The molecule has 0 aliphatic carbocycles. The number of nitrogens with one attached hydrogen (secondary N) is 2. The van der Waals surface area contributed by atoms with Crippen LogP contribution in [-0.2, 0) is 4.74 Å². The summed E-state index contributed by atoms with van der Waals surface area (Å²) in [6.45, 7) is 4.70. The van der Waals surface area contributed by atoms with Crippen molar-refractivity contribution in [3.05, 3.63) is 31.0 Å². The monoisotopic (exact) mass is 317 g/mol. The van der Waals surface area contributed by atoms with E-state index in [1.54, 1.807) is 18.3 Å². The highest BCUT2D eigenvalue weighted by molar-refractivity contribution is 5.90. The highest BCUT2D eigenvalue weighted by Gasteiger charge is 2.12. The summed E-state index contributed by atoms with van der Waals surface area (Å²) in [7, 11) is 0. The molecule has 3 heterocycles. The van der Waals surface area contributed by atoms with Gasteiger partial charge in [-0.3, -0.25) is 4.90 Å². The number of amides is 2. The van der Waals surface area contributed by atoms with Gasteiger partial charge in [-0.1, -0.05) is 0 Å². The van der Waals surface area contributed by atoms with E-state index in [0.717, 1.165) is 32.8 Å². The van der Waals surface area contributed by atoms with E-state index in [9.17, 15) is 4.79 Å². The topological polar surface area (TPSA) is 97.2 Å². The summed E-state index contributed by atoms with van der Waals surface area (Å²) < 4.78 is 6.80. The summed E-state index contributed by atoms with van der Waals surface area (Å²) in [5.41, 5.74) is 0.571. The number of carbonyl (C=O) groups excluding carboxylic acids is 1. The van der Waals surface area contributed by atoms with Crippen LogP contribution in [-0.4, -0.2) is 70.1 Å². The van der Waals surface area contributed by atoms with E-state index >= 15 is 0 Å². The number of morpholine rings is 1. The molecule has 1 fully saturated rings. The Labute approximate surface area is 133 Å². The molecule has 0 bridgehead atoms. The molecule has 2 amide bonds. The molecular formula is C14H19N7O2. The van der Waals surface area contributed by atoms with E-state index in [-0.39, 0.29) is 6.03 Å². The molecule has 2 aromatic heterocycles. The van der Waals surface area contributed by atoms with Gasteiger partial charge >= 0.3 is 6.03 Å². The molecule has 23 heavy (non-hydrogen) atoms. The molecule has 122 valence electrons. The molecular weight excluding hydrogens is 298 g/mol. The van der Waals surface area contributed by atoms with Gasteiger partial charge in [0.1, 0.15) is 12.7 Å². The Morgan fingerprint density at radius 3 is 3.00 bits per heavy atom. The molecule has 1 aliphatic heterocycles. The van der Waals surface area contributed by atoms with Crippen molar-refractivity contribution < 1.29 is 9.53 Å². The van der Waals surface area contributed by atoms with E-state index in [1.807, 2.05) is 0 Å². The number of rotatable bonds is 5. The van der Waals surface area contributed by atoms with Gasteiger partial charge in [0.25, 0.3) is 0 Å². The van der Waals surface area contributed by atoms with Crippen molar-refractivity contribution in [3.8, 4) is 5.82 Å². The van der Waals surface area contributed by atoms with Crippen LogP contribution in [0.1, 0.15) is 0 Å². The number of anilines is 1. The number of hydrogen-bond acceptors (Lipinski definition) is 6. The third-order valence-corrected chi connectivity index (χ3v) is 3.49. The average molecular weight is 317 g/mol. The Hall–Kier alpha value is -2.52. The van der Waals surface area contributed by atoms with Gasteiger partial charge in [0.2, 0.25) is 0 Å². The van der Waals surface area contributed by atoms with Crippen molar-refractivity contribution >= 4 is 11.7 Å². The lowest BCUT2D eigenvalue weighted by Crippen LogP contribution is -2.42. The van der Waals surface area contributed by atoms with E-state index in [4.69, 9.17) is 4.74 Å². The fraction of sp³-hybridized carbons (Fsp3) is 0.429. The second-order valence-corrected chi connectivity index (χ2v) is 5.05. The summed E-state index contributed by atoms with van der Waals surface area (Å²) >= 11 is 0. The van der Waals surface area contributed by atoms with Crippen LogP contribution in [0.15, 0.2) is 31.0 Å². The van der Waals surface area contributed by atoms with E-state index < -0.39 is 0 Å². The molecule has 9 nitrogen and oxygen atoms in total. The Kier molecular flexibility index (Phi) is 5.12. The minimum absolute atomic E-state index is 0.271. The van der Waals surface area contributed by atoms with Gasteiger partial charge in [0.05, 0.1) is 18.9 Å². The quantitative estimate of drug-likeness (QED) is 0.813. The van der Waals surface area contributed by atoms with Crippen LogP contribution >= 0.6 is 0 Å². The van der Waals surface area contributed by atoms with Crippen molar-refractivity contribution in [1.82, 2.24) is 30.0 Å². The Morgan fingerprint density at radius 2 is 2.22 bits per heavy atom. The van der Waals surface area contributed by atoms with Gasteiger partial charge < -0.3 is 15.4 Å². The lowest BCUT2D eigenvalue weighted by molar-refractivity contribution is 0.0388. The van der Waals surface area contributed by atoms with Crippen molar-refractivity contribution in [2.24, 2.45) is 0 Å². The Balaban J connectivity index is 1.52. The third kappa shape index (κ3) is 4.24. The number of aromatic nitrogens is 4. The number of ether oxygens (including phenoxy) is 1. The summed E-state index contributed by atoms with van der Waals surface area (Å²) in [6.07, 6.45) is 4.59. The zero-order valence-corrected chi connectivity index (χ0v) is 12.7. The minimum Gasteiger partial charge on any atom is -0.379 e.